The van der Waals surface area contributed by atoms with E-state index in [1.54, 1.807) is 4.90 Å². The van der Waals surface area contributed by atoms with E-state index in [1.807, 2.05) is 18.2 Å². The van der Waals surface area contributed by atoms with Crippen molar-refractivity contribution in [1.82, 2.24) is 4.98 Å². The predicted molar refractivity (Wildman–Crippen MR) is 72.6 cm³/mol. The molecule has 0 N–H and O–H groups in total. The maximum atomic E-state index is 11.7. The van der Waals surface area contributed by atoms with E-state index >= 15 is 0 Å². The highest BCUT2D eigenvalue weighted by Crippen LogP contribution is 2.26. The van der Waals surface area contributed by atoms with Gasteiger partial charge < -0.3 is 0 Å². The molecule has 16 heavy (non-hydrogen) atoms. The van der Waals surface area contributed by atoms with Gasteiger partial charge in [-0.1, -0.05) is 17.7 Å². The van der Waals surface area contributed by atoms with Crippen molar-refractivity contribution in [2.24, 2.45) is 5.92 Å². The van der Waals surface area contributed by atoms with Gasteiger partial charge in [-0.25, -0.2) is 4.98 Å². The molecule has 84 valence electrons. The Morgan fingerprint density at radius 1 is 1.62 bits per heavy atom. The molecule has 2 rings (SSSR count). The van der Waals surface area contributed by atoms with Gasteiger partial charge in [-0.3, -0.25) is 9.69 Å². The highest BCUT2D eigenvalue weighted by atomic mass is 127. The SMILES string of the molecule is C=CC1CC(=O)N(c2ccc(I)c(Cl)n2)C1. The van der Waals surface area contributed by atoms with Gasteiger partial charge in [-0.05, 0) is 34.7 Å². The molecule has 1 unspecified atom stereocenters. The Bertz CT molecular complexity index is 450. The molecule has 3 nitrogen and oxygen atoms in total. The largest absolute Gasteiger partial charge is 0.296 e. The van der Waals surface area contributed by atoms with E-state index in [0.29, 0.717) is 23.9 Å². The molecule has 1 atom stereocenters. The Balaban J connectivity index is 2.27. The average molecular weight is 349 g/mol. The van der Waals surface area contributed by atoms with E-state index in [1.165, 1.54) is 0 Å². The van der Waals surface area contributed by atoms with Crippen LogP contribution in [0.4, 0.5) is 5.82 Å². The second-order valence-corrected chi connectivity index (χ2v) is 5.17. The molecule has 0 radical (unpaired) electrons. The van der Waals surface area contributed by atoms with Crippen LogP contribution in [0.5, 0.6) is 0 Å². The fourth-order valence-electron chi connectivity index (χ4n) is 1.67. The van der Waals surface area contributed by atoms with Crippen molar-refractivity contribution in [2.45, 2.75) is 6.42 Å². The molecule has 0 aromatic carbocycles. The van der Waals surface area contributed by atoms with Gasteiger partial charge in [0.25, 0.3) is 0 Å². The lowest BCUT2D eigenvalue weighted by Gasteiger charge is -2.15. The summed E-state index contributed by atoms with van der Waals surface area (Å²) in [6.45, 7) is 4.36. The Labute approximate surface area is 113 Å². The summed E-state index contributed by atoms with van der Waals surface area (Å²) < 4.78 is 0.884. The van der Waals surface area contributed by atoms with Crippen LogP contribution in [0, 0.1) is 9.49 Å². The van der Waals surface area contributed by atoms with E-state index in [-0.39, 0.29) is 11.8 Å². The van der Waals surface area contributed by atoms with E-state index in [4.69, 9.17) is 11.6 Å². The molecule has 0 saturated carbocycles. The van der Waals surface area contributed by atoms with Crippen LogP contribution in [0.15, 0.2) is 24.8 Å². The lowest BCUT2D eigenvalue weighted by Crippen LogP contribution is -2.25. The van der Waals surface area contributed by atoms with Crippen molar-refractivity contribution in [1.29, 1.82) is 0 Å². The summed E-state index contributed by atoms with van der Waals surface area (Å²) >= 11 is 8.04. The van der Waals surface area contributed by atoms with Gasteiger partial charge in [0.05, 0.1) is 3.57 Å². The standard InChI is InChI=1S/C11H10ClIN2O/c1-2-7-5-10(16)15(6-7)9-4-3-8(13)11(12)14-9/h2-4,7H,1,5-6H2. The van der Waals surface area contributed by atoms with Crippen molar-refractivity contribution < 1.29 is 4.79 Å². The first-order chi connectivity index (χ1) is 7.61. The summed E-state index contributed by atoms with van der Waals surface area (Å²) in [6.07, 6.45) is 2.32. The van der Waals surface area contributed by atoms with E-state index in [2.05, 4.69) is 34.2 Å². The molecule has 0 spiro atoms. The number of carbonyl (C=O) groups excluding carboxylic acids is 1. The summed E-state index contributed by atoms with van der Waals surface area (Å²) in [6, 6.07) is 3.68. The molecule has 1 aliphatic heterocycles. The zero-order valence-electron chi connectivity index (χ0n) is 8.49. The smallest absolute Gasteiger partial charge is 0.228 e. The quantitative estimate of drug-likeness (QED) is 0.468. The number of amides is 1. The number of carbonyl (C=O) groups is 1. The van der Waals surface area contributed by atoms with Crippen LogP contribution in [-0.4, -0.2) is 17.4 Å². The molecule has 5 heteroatoms. The fourth-order valence-corrected chi connectivity index (χ4v) is 2.12. The molecule has 1 aromatic rings. The first kappa shape index (κ1) is 11.9. The number of hydrogen-bond acceptors (Lipinski definition) is 2. The molecule has 2 heterocycles. The van der Waals surface area contributed by atoms with Gasteiger partial charge in [0.2, 0.25) is 5.91 Å². The van der Waals surface area contributed by atoms with Gasteiger partial charge in [0, 0.05) is 18.9 Å². The Hall–Kier alpha value is -0.620. The molecule has 0 bridgehead atoms. The van der Waals surface area contributed by atoms with E-state index < -0.39 is 0 Å². The monoisotopic (exact) mass is 348 g/mol. The third-order valence-corrected chi connectivity index (χ3v) is 4.03. The Morgan fingerprint density at radius 2 is 2.38 bits per heavy atom. The second kappa shape index (κ2) is 4.71. The zero-order valence-corrected chi connectivity index (χ0v) is 11.4. The van der Waals surface area contributed by atoms with Gasteiger partial charge in [-0.15, -0.1) is 6.58 Å². The van der Waals surface area contributed by atoms with Crippen LogP contribution in [0.25, 0.3) is 0 Å². The molecular formula is C11H10ClIN2O. The van der Waals surface area contributed by atoms with E-state index in [0.717, 1.165) is 3.57 Å². The lowest BCUT2D eigenvalue weighted by molar-refractivity contribution is -0.117. The third kappa shape index (κ3) is 2.22. The average Bonchev–Trinajstić information content (AvgIpc) is 2.64. The molecule has 0 aliphatic carbocycles. The zero-order chi connectivity index (χ0) is 11.7. The Kier molecular flexibility index (Phi) is 3.49. The highest BCUT2D eigenvalue weighted by molar-refractivity contribution is 14.1. The van der Waals surface area contributed by atoms with Crippen molar-refractivity contribution >= 4 is 45.9 Å². The summed E-state index contributed by atoms with van der Waals surface area (Å²) in [7, 11) is 0. The maximum Gasteiger partial charge on any atom is 0.228 e. The van der Waals surface area contributed by atoms with Crippen LogP contribution in [0.3, 0.4) is 0 Å². The summed E-state index contributed by atoms with van der Waals surface area (Å²) in [5, 5.41) is 0.438. The predicted octanol–water partition coefficient (Wildman–Crippen LogP) is 2.88. The molecule has 1 saturated heterocycles. The fraction of sp³-hybridized carbons (Fsp3) is 0.273. The van der Waals surface area contributed by atoms with Gasteiger partial charge in [-0.2, -0.15) is 0 Å². The first-order valence-corrected chi connectivity index (χ1v) is 6.32. The number of rotatable bonds is 2. The van der Waals surface area contributed by atoms with Crippen LogP contribution >= 0.6 is 34.2 Å². The van der Waals surface area contributed by atoms with Crippen molar-refractivity contribution in [3.05, 3.63) is 33.5 Å². The summed E-state index contributed by atoms with van der Waals surface area (Å²) in [5.41, 5.74) is 0. The molecule has 1 aromatic heterocycles. The number of pyridine rings is 1. The normalized spacial score (nSPS) is 20.2. The minimum atomic E-state index is 0.0784. The van der Waals surface area contributed by atoms with Crippen LogP contribution in [-0.2, 0) is 4.79 Å². The minimum Gasteiger partial charge on any atom is -0.296 e. The van der Waals surface area contributed by atoms with Crippen LogP contribution < -0.4 is 4.90 Å². The molecule has 1 fully saturated rings. The lowest BCUT2D eigenvalue weighted by atomic mass is 10.1. The van der Waals surface area contributed by atoms with E-state index in [9.17, 15) is 4.79 Å². The third-order valence-electron chi connectivity index (χ3n) is 2.55. The van der Waals surface area contributed by atoms with Crippen molar-refractivity contribution in [3.63, 3.8) is 0 Å². The molecule has 1 amide bonds. The van der Waals surface area contributed by atoms with Gasteiger partial charge in [0.1, 0.15) is 11.0 Å². The number of aromatic nitrogens is 1. The maximum absolute atomic E-state index is 11.7. The van der Waals surface area contributed by atoms with Crippen LogP contribution in [0.2, 0.25) is 5.15 Å². The molecule has 1 aliphatic rings. The number of nitrogens with zero attached hydrogens (tertiary/aromatic N) is 2. The second-order valence-electron chi connectivity index (χ2n) is 3.65. The van der Waals surface area contributed by atoms with Gasteiger partial charge in [0.15, 0.2) is 0 Å². The van der Waals surface area contributed by atoms with Crippen molar-refractivity contribution in [3.8, 4) is 0 Å². The minimum absolute atomic E-state index is 0.0784. The molecular weight excluding hydrogens is 338 g/mol. The summed E-state index contributed by atoms with van der Waals surface area (Å²) in [5.74, 6) is 0.918. The highest BCUT2D eigenvalue weighted by Gasteiger charge is 2.29. The topological polar surface area (TPSA) is 33.2 Å². The summed E-state index contributed by atoms with van der Waals surface area (Å²) in [4.78, 5) is 17.6. The van der Waals surface area contributed by atoms with Crippen LogP contribution in [0.1, 0.15) is 6.42 Å². The Morgan fingerprint density at radius 3 is 2.94 bits per heavy atom. The van der Waals surface area contributed by atoms with Crippen molar-refractivity contribution in [2.75, 3.05) is 11.4 Å². The first-order valence-electron chi connectivity index (χ1n) is 4.87. The van der Waals surface area contributed by atoms with Gasteiger partial charge >= 0.3 is 0 Å². The number of hydrogen-bond donors (Lipinski definition) is 0. The number of halogens is 2. The number of anilines is 1.